The van der Waals surface area contributed by atoms with Crippen molar-refractivity contribution < 1.29 is 27.4 Å². The van der Waals surface area contributed by atoms with Crippen molar-refractivity contribution >= 4 is 28.3 Å². The van der Waals surface area contributed by atoms with Gasteiger partial charge >= 0.3 is 0 Å². The molecule has 1 fully saturated rings. The minimum atomic E-state index is -2.90. The van der Waals surface area contributed by atoms with E-state index < -0.39 is 23.8 Å². The second kappa shape index (κ2) is 10.6. The Balaban J connectivity index is 1.45. The number of carbonyl (C=O) groups is 1. The fourth-order valence-electron chi connectivity index (χ4n) is 5.14. The number of nitrogens with one attached hydrogen (secondary N) is 1. The molecular weight excluding hydrogens is 499 g/mol. The lowest BCUT2D eigenvalue weighted by Gasteiger charge is -2.45. The Morgan fingerprint density at radius 1 is 1.24 bits per heavy atom. The molecular formula is C27H30F3N5O3. The first-order chi connectivity index (χ1) is 18.3. The van der Waals surface area contributed by atoms with Crippen LogP contribution in [-0.2, 0) is 9.53 Å². The number of piperazine rings is 1. The van der Waals surface area contributed by atoms with Crippen LogP contribution >= 0.6 is 0 Å². The summed E-state index contributed by atoms with van der Waals surface area (Å²) in [5, 5.41) is 3.91. The molecule has 3 aromatic rings. The third kappa shape index (κ3) is 4.94. The van der Waals surface area contributed by atoms with Crippen LogP contribution in [0.25, 0.3) is 10.9 Å². The van der Waals surface area contributed by atoms with Crippen LogP contribution in [0.15, 0.2) is 30.3 Å². The molecule has 3 heterocycles. The SMILES string of the molecule is COCCC(=O)N1CCN2c3cc4c(N[C@H](C)c5cccc(C(F)F)c5F)nc(C)nc4cc3OC[C@H]2C1. The average Bonchev–Trinajstić information content (AvgIpc) is 2.90. The van der Waals surface area contributed by atoms with E-state index in [1.165, 1.54) is 12.1 Å². The Hall–Kier alpha value is -3.60. The number of aromatic nitrogens is 2. The van der Waals surface area contributed by atoms with Crippen molar-refractivity contribution in [2.24, 2.45) is 0 Å². The molecule has 2 aliphatic heterocycles. The number of methoxy groups -OCH3 is 1. The summed E-state index contributed by atoms with van der Waals surface area (Å²) in [6, 6.07) is 7.17. The van der Waals surface area contributed by atoms with E-state index in [0.29, 0.717) is 67.6 Å². The van der Waals surface area contributed by atoms with Crippen LogP contribution in [0.2, 0.25) is 0 Å². The lowest BCUT2D eigenvalue weighted by atomic mass is 10.0. The predicted molar refractivity (Wildman–Crippen MR) is 137 cm³/mol. The molecule has 38 heavy (non-hydrogen) atoms. The number of hydrogen-bond donors (Lipinski definition) is 1. The number of halogens is 3. The van der Waals surface area contributed by atoms with Crippen LogP contribution in [0, 0.1) is 12.7 Å². The Bertz CT molecular complexity index is 1360. The minimum Gasteiger partial charge on any atom is -0.489 e. The number of nitrogens with zero attached hydrogens (tertiary/aromatic N) is 4. The number of rotatable bonds is 7. The van der Waals surface area contributed by atoms with Crippen LogP contribution in [0.3, 0.4) is 0 Å². The van der Waals surface area contributed by atoms with Crippen LogP contribution in [0.5, 0.6) is 5.75 Å². The van der Waals surface area contributed by atoms with Gasteiger partial charge in [0.05, 0.1) is 41.9 Å². The van der Waals surface area contributed by atoms with Crippen molar-refractivity contribution in [1.82, 2.24) is 14.9 Å². The maximum Gasteiger partial charge on any atom is 0.266 e. The van der Waals surface area contributed by atoms with Gasteiger partial charge < -0.3 is 24.6 Å². The first-order valence-electron chi connectivity index (χ1n) is 12.6. The number of alkyl halides is 2. The molecule has 202 valence electrons. The molecule has 2 atom stereocenters. The van der Waals surface area contributed by atoms with E-state index in [1.807, 2.05) is 17.0 Å². The summed E-state index contributed by atoms with van der Waals surface area (Å²) in [5.74, 6) is 0.805. The molecule has 1 aromatic heterocycles. The summed E-state index contributed by atoms with van der Waals surface area (Å²) in [6.07, 6.45) is -2.56. The van der Waals surface area contributed by atoms with Crippen molar-refractivity contribution in [3.8, 4) is 5.75 Å². The average molecular weight is 530 g/mol. The molecule has 1 amide bonds. The molecule has 5 rings (SSSR count). The van der Waals surface area contributed by atoms with Gasteiger partial charge in [-0.05, 0) is 19.9 Å². The largest absolute Gasteiger partial charge is 0.489 e. The van der Waals surface area contributed by atoms with Crippen molar-refractivity contribution in [3.63, 3.8) is 0 Å². The zero-order valence-electron chi connectivity index (χ0n) is 21.5. The third-order valence-electron chi connectivity index (χ3n) is 7.10. The van der Waals surface area contributed by atoms with Gasteiger partial charge in [0, 0.05) is 43.8 Å². The quantitative estimate of drug-likeness (QED) is 0.478. The van der Waals surface area contributed by atoms with Gasteiger partial charge in [0.15, 0.2) is 0 Å². The molecule has 0 spiro atoms. The monoisotopic (exact) mass is 529 g/mol. The van der Waals surface area contributed by atoms with Crippen molar-refractivity contribution in [3.05, 3.63) is 53.1 Å². The number of fused-ring (bicyclic) bond motifs is 4. The third-order valence-corrected chi connectivity index (χ3v) is 7.10. The molecule has 0 unspecified atom stereocenters. The summed E-state index contributed by atoms with van der Waals surface area (Å²) in [4.78, 5) is 25.7. The molecule has 1 N–H and O–H groups in total. The predicted octanol–water partition coefficient (Wildman–Crippen LogP) is 4.63. The smallest absolute Gasteiger partial charge is 0.266 e. The molecule has 0 saturated carbocycles. The number of anilines is 2. The Kier molecular flexibility index (Phi) is 7.29. The van der Waals surface area contributed by atoms with E-state index in [4.69, 9.17) is 9.47 Å². The Morgan fingerprint density at radius 2 is 2.03 bits per heavy atom. The number of ether oxygens (including phenoxy) is 2. The number of hydrogen-bond acceptors (Lipinski definition) is 7. The highest BCUT2D eigenvalue weighted by Gasteiger charge is 2.35. The number of benzene rings is 2. The van der Waals surface area contributed by atoms with E-state index in [9.17, 15) is 18.0 Å². The van der Waals surface area contributed by atoms with Gasteiger partial charge in [-0.15, -0.1) is 0 Å². The van der Waals surface area contributed by atoms with E-state index in [1.54, 1.807) is 21.0 Å². The Morgan fingerprint density at radius 3 is 2.79 bits per heavy atom. The van der Waals surface area contributed by atoms with Crippen LogP contribution < -0.4 is 15.0 Å². The van der Waals surface area contributed by atoms with Crippen LogP contribution in [0.4, 0.5) is 24.7 Å². The molecule has 2 aromatic carbocycles. The van der Waals surface area contributed by atoms with Gasteiger partial charge in [-0.25, -0.2) is 23.1 Å². The molecule has 0 radical (unpaired) electrons. The van der Waals surface area contributed by atoms with Crippen LogP contribution in [0.1, 0.15) is 42.8 Å². The van der Waals surface area contributed by atoms with E-state index in [-0.39, 0.29) is 17.5 Å². The van der Waals surface area contributed by atoms with E-state index >= 15 is 0 Å². The lowest BCUT2D eigenvalue weighted by Crippen LogP contribution is -2.58. The zero-order valence-corrected chi connectivity index (χ0v) is 21.5. The first kappa shape index (κ1) is 26.0. The van der Waals surface area contributed by atoms with Gasteiger partial charge in [-0.2, -0.15) is 0 Å². The Labute approximate surface area is 218 Å². The molecule has 1 saturated heterocycles. The molecule has 0 aliphatic carbocycles. The molecule has 2 aliphatic rings. The van der Waals surface area contributed by atoms with Crippen LogP contribution in [-0.4, -0.2) is 66.8 Å². The van der Waals surface area contributed by atoms with Gasteiger partial charge in [-0.1, -0.05) is 18.2 Å². The molecule has 8 nitrogen and oxygen atoms in total. The lowest BCUT2D eigenvalue weighted by molar-refractivity contribution is -0.133. The molecule has 0 bridgehead atoms. The van der Waals surface area contributed by atoms with E-state index in [2.05, 4.69) is 20.2 Å². The normalized spacial score (nSPS) is 17.7. The number of carbonyl (C=O) groups excluding carboxylic acids is 1. The standard InChI is InChI=1S/C27H30F3N5O3/c1-15(18-5-4-6-19(25(18)28)26(29)30)31-27-20-11-22-23(12-21(20)32-16(2)33-27)38-14-17-13-34(8-9-35(17)22)24(36)7-10-37-3/h4-6,11-12,15,17,26H,7-10,13-14H2,1-3H3,(H,31,32,33)/t15-,17-/m1/s1. The van der Waals surface area contributed by atoms with Gasteiger partial charge in [-0.3, -0.25) is 4.79 Å². The second-order valence-corrected chi connectivity index (χ2v) is 9.61. The van der Waals surface area contributed by atoms with Crippen molar-refractivity contribution in [2.45, 2.75) is 38.8 Å². The highest BCUT2D eigenvalue weighted by molar-refractivity contribution is 5.94. The summed E-state index contributed by atoms with van der Waals surface area (Å²) in [7, 11) is 1.58. The number of aryl methyl sites for hydroxylation is 1. The second-order valence-electron chi connectivity index (χ2n) is 9.61. The van der Waals surface area contributed by atoms with E-state index in [0.717, 1.165) is 11.8 Å². The molecule has 11 heteroatoms. The summed E-state index contributed by atoms with van der Waals surface area (Å²) < 4.78 is 52.5. The maximum absolute atomic E-state index is 14.8. The number of amides is 1. The first-order valence-corrected chi connectivity index (χ1v) is 12.6. The summed E-state index contributed by atoms with van der Waals surface area (Å²) in [5.41, 5.74) is 1.02. The summed E-state index contributed by atoms with van der Waals surface area (Å²) >= 11 is 0. The zero-order chi connectivity index (χ0) is 27.0. The van der Waals surface area contributed by atoms with Crippen molar-refractivity contribution in [2.75, 3.05) is 50.2 Å². The van der Waals surface area contributed by atoms with Gasteiger partial charge in [0.2, 0.25) is 5.91 Å². The highest BCUT2D eigenvalue weighted by Crippen LogP contribution is 2.40. The van der Waals surface area contributed by atoms with Gasteiger partial charge in [0.25, 0.3) is 6.43 Å². The topological polar surface area (TPSA) is 79.8 Å². The van der Waals surface area contributed by atoms with Crippen molar-refractivity contribution in [1.29, 1.82) is 0 Å². The summed E-state index contributed by atoms with van der Waals surface area (Å²) in [6.45, 7) is 6.06. The minimum absolute atomic E-state index is 0.00641. The van der Waals surface area contributed by atoms with Gasteiger partial charge in [0.1, 0.15) is 29.8 Å². The fourth-order valence-corrected chi connectivity index (χ4v) is 5.14. The maximum atomic E-state index is 14.8. The fraction of sp³-hybridized carbons (Fsp3) is 0.444. The highest BCUT2D eigenvalue weighted by atomic mass is 19.3.